The normalized spacial score (nSPS) is 33.1. The molecule has 0 aromatic carbocycles. The first-order chi connectivity index (χ1) is 6.54. The summed E-state index contributed by atoms with van der Waals surface area (Å²) in [6.45, 7) is 4.15. The van der Waals surface area contributed by atoms with E-state index in [9.17, 15) is 4.79 Å². The fourth-order valence-corrected chi connectivity index (χ4v) is 2.96. The van der Waals surface area contributed by atoms with Crippen LogP contribution in [-0.2, 0) is 4.79 Å². The van der Waals surface area contributed by atoms with E-state index in [0.717, 1.165) is 12.8 Å². The first kappa shape index (κ1) is 9.73. The fraction of sp³-hybridized carbons (Fsp3) is 0.750. The third-order valence-corrected chi connectivity index (χ3v) is 3.55. The quantitative estimate of drug-likeness (QED) is 0.587. The predicted octanol–water partition coefficient (Wildman–Crippen LogP) is 1.59. The number of hydrogen-bond acceptors (Lipinski definition) is 2. The Morgan fingerprint density at radius 2 is 1.86 bits per heavy atom. The average Bonchev–Trinajstić information content (AvgIpc) is 2.40. The van der Waals surface area contributed by atoms with Gasteiger partial charge in [0, 0.05) is 24.9 Å². The average molecular weight is 191 g/mol. The SMILES string of the molecule is C#CC(C)(C)N1C2CCC1CC(=O)C2. The maximum atomic E-state index is 11.4. The molecule has 2 bridgehead atoms. The van der Waals surface area contributed by atoms with E-state index in [4.69, 9.17) is 6.42 Å². The van der Waals surface area contributed by atoms with Crippen molar-refractivity contribution in [3.05, 3.63) is 0 Å². The van der Waals surface area contributed by atoms with Crippen molar-refractivity contribution < 1.29 is 4.79 Å². The lowest BCUT2D eigenvalue weighted by molar-refractivity contribution is -0.124. The van der Waals surface area contributed by atoms with Crippen molar-refractivity contribution in [2.45, 2.75) is 57.2 Å². The van der Waals surface area contributed by atoms with E-state index in [2.05, 4.69) is 24.7 Å². The molecule has 2 heteroatoms. The number of piperidine rings is 1. The van der Waals surface area contributed by atoms with E-state index in [1.807, 2.05) is 0 Å². The molecular weight excluding hydrogens is 174 g/mol. The number of nitrogens with zero attached hydrogens (tertiary/aromatic N) is 1. The minimum atomic E-state index is -0.188. The largest absolute Gasteiger partial charge is 0.300 e. The highest BCUT2D eigenvalue weighted by Gasteiger charge is 2.45. The molecule has 2 atom stereocenters. The van der Waals surface area contributed by atoms with Gasteiger partial charge in [-0.2, -0.15) is 0 Å². The lowest BCUT2D eigenvalue weighted by atomic mass is 9.93. The number of ketones is 1. The van der Waals surface area contributed by atoms with Crippen LogP contribution in [0.3, 0.4) is 0 Å². The monoisotopic (exact) mass is 191 g/mol. The van der Waals surface area contributed by atoms with Crippen LogP contribution < -0.4 is 0 Å². The van der Waals surface area contributed by atoms with Gasteiger partial charge in [-0.05, 0) is 26.7 Å². The van der Waals surface area contributed by atoms with Crippen LogP contribution in [0.15, 0.2) is 0 Å². The van der Waals surface area contributed by atoms with Crippen LogP contribution in [-0.4, -0.2) is 28.3 Å². The molecule has 2 heterocycles. The van der Waals surface area contributed by atoms with E-state index in [0.29, 0.717) is 30.7 Å². The second-order valence-corrected chi connectivity index (χ2v) is 4.94. The number of hydrogen-bond donors (Lipinski definition) is 0. The number of carbonyl (C=O) groups is 1. The van der Waals surface area contributed by atoms with Gasteiger partial charge in [-0.3, -0.25) is 9.69 Å². The molecule has 2 unspecified atom stereocenters. The van der Waals surface area contributed by atoms with Gasteiger partial charge in [0.25, 0.3) is 0 Å². The first-order valence-corrected chi connectivity index (χ1v) is 5.32. The van der Waals surface area contributed by atoms with Crippen molar-refractivity contribution >= 4 is 5.78 Å². The van der Waals surface area contributed by atoms with Crippen molar-refractivity contribution in [1.29, 1.82) is 0 Å². The lowest BCUT2D eigenvalue weighted by Gasteiger charge is -2.42. The zero-order valence-electron chi connectivity index (χ0n) is 8.92. The molecule has 0 radical (unpaired) electrons. The Balaban J connectivity index is 2.24. The Hall–Kier alpha value is -0.810. The molecule has 2 nitrogen and oxygen atoms in total. The number of Topliss-reactive ketones (excluding diaryl/α,β-unsaturated/α-hetero) is 1. The van der Waals surface area contributed by atoms with Gasteiger partial charge < -0.3 is 0 Å². The first-order valence-electron chi connectivity index (χ1n) is 5.32. The number of fused-ring (bicyclic) bond motifs is 2. The standard InChI is InChI=1S/C12H17NO/c1-4-12(2,3)13-9-5-6-10(13)8-11(14)7-9/h1,9-10H,5-8H2,2-3H3. The molecule has 2 aliphatic heterocycles. The summed E-state index contributed by atoms with van der Waals surface area (Å²) in [5, 5.41) is 0. The summed E-state index contributed by atoms with van der Waals surface area (Å²) in [6, 6.07) is 0.819. The third-order valence-electron chi connectivity index (χ3n) is 3.55. The zero-order valence-corrected chi connectivity index (χ0v) is 8.92. The van der Waals surface area contributed by atoms with Crippen LogP contribution in [0.25, 0.3) is 0 Å². The summed E-state index contributed by atoms with van der Waals surface area (Å²) < 4.78 is 0. The van der Waals surface area contributed by atoms with Crippen LogP contribution in [0.1, 0.15) is 39.5 Å². The second kappa shape index (κ2) is 3.10. The second-order valence-electron chi connectivity index (χ2n) is 4.94. The van der Waals surface area contributed by atoms with Gasteiger partial charge in [-0.15, -0.1) is 6.42 Å². The van der Waals surface area contributed by atoms with E-state index >= 15 is 0 Å². The topological polar surface area (TPSA) is 20.3 Å². The van der Waals surface area contributed by atoms with Crippen molar-refractivity contribution in [2.24, 2.45) is 0 Å². The van der Waals surface area contributed by atoms with Gasteiger partial charge >= 0.3 is 0 Å². The van der Waals surface area contributed by atoms with Crippen LogP contribution in [0.2, 0.25) is 0 Å². The highest BCUT2D eigenvalue weighted by atomic mass is 16.1. The van der Waals surface area contributed by atoms with Gasteiger partial charge in [0.2, 0.25) is 0 Å². The minimum Gasteiger partial charge on any atom is -0.300 e. The summed E-state index contributed by atoms with van der Waals surface area (Å²) in [7, 11) is 0. The third kappa shape index (κ3) is 1.36. The molecule has 76 valence electrons. The maximum absolute atomic E-state index is 11.4. The van der Waals surface area contributed by atoms with Gasteiger partial charge in [0.1, 0.15) is 5.78 Å². The molecule has 2 aliphatic rings. The molecule has 2 saturated heterocycles. The minimum absolute atomic E-state index is 0.188. The van der Waals surface area contributed by atoms with Crippen LogP contribution in [0.5, 0.6) is 0 Å². The Morgan fingerprint density at radius 1 is 1.36 bits per heavy atom. The molecule has 0 amide bonds. The van der Waals surface area contributed by atoms with Gasteiger partial charge in [0.15, 0.2) is 0 Å². The van der Waals surface area contributed by atoms with Gasteiger partial charge in [-0.1, -0.05) is 5.92 Å². The van der Waals surface area contributed by atoms with Gasteiger partial charge in [0.05, 0.1) is 5.54 Å². The number of rotatable bonds is 1. The highest BCUT2D eigenvalue weighted by molar-refractivity contribution is 5.81. The summed E-state index contributed by atoms with van der Waals surface area (Å²) >= 11 is 0. The van der Waals surface area contributed by atoms with E-state index < -0.39 is 0 Å². The van der Waals surface area contributed by atoms with Gasteiger partial charge in [-0.25, -0.2) is 0 Å². The summed E-state index contributed by atoms with van der Waals surface area (Å²) in [4.78, 5) is 13.8. The van der Waals surface area contributed by atoms with E-state index in [-0.39, 0.29) is 5.54 Å². The van der Waals surface area contributed by atoms with Crippen molar-refractivity contribution in [2.75, 3.05) is 0 Å². The fourth-order valence-electron chi connectivity index (χ4n) is 2.96. The van der Waals surface area contributed by atoms with Crippen molar-refractivity contribution in [1.82, 2.24) is 4.90 Å². The molecule has 0 spiro atoms. The van der Waals surface area contributed by atoms with Crippen molar-refractivity contribution in [3.8, 4) is 12.3 Å². The zero-order chi connectivity index (χ0) is 10.3. The summed E-state index contributed by atoms with van der Waals surface area (Å²) in [5.41, 5.74) is -0.188. The number of terminal acetylenes is 1. The molecule has 0 aromatic rings. The Kier molecular flexibility index (Phi) is 2.16. The molecule has 0 N–H and O–H groups in total. The Bertz CT molecular complexity index is 284. The van der Waals surface area contributed by atoms with Crippen LogP contribution in [0.4, 0.5) is 0 Å². The van der Waals surface area contributed by atoms with Crippen LogP contribution >= 0.6 is 0 Å². The number of carbonyl (C=O) groups excluding carboxylic acids is 1. The molecule has 2 fully saturated rings. The molecule has 2 rings (SSSR count). The molecule has 14 heavy (non-hydrogen) atoms. The van der Waals surface area contributed by atoms with E-state index in [1.165, 1.54) is 0 Å². The highest BCUT2D eigenvalue weighted by Crippen LogP contribution is 2.38. The lowest BCUT2D eigenvalue weighted by Crippen LogP contribution is -2.53. The maximum Gasteiger partial charge on any atom is 0.136 e. The Morgan fingerprint density at radius 3 is 2.29 bits per heavy atom. The van der Waals surface area contributed by atoms with Crippen LogP contribution in [0, 0.1) is 12.3 Å². The molecule has 0 saturated carbocycles. The van der Waals surface area contributed by atoms with Crippen molar-refractivity contribution in [3.63, 3.8) is 0 Å². The molecule has 0 aromatic heterocycles. The van der Waals surface area contributed by atoms with E-state index in [1.54, 1.807) is 0 Å². The molecule has 0 aliphatic carbocycles. The molecular formula is C12H17NO. The summed E-state index contributed by atoms with van der Waals surface area (Å²) in [5.74, 6) is 3.26. The smallest absolute Gasteiger partial charge is 0.136 e. The predicted molar refractivity (Wildman–Crippen MR) is 55.8 cm³/mol. The summed E-state index contributed by atoms with van der Waals surface area (Å²) in [6.07, 6.45) is 9.25. The Labute approximate surface area is 85.7 Å².